The van der Waals surface area contributed by atoms with Crippen LogP contribution in [0.15, 0.2) is 67.0 Å². The van der Waals surface area contributed by atoms with Crippen molar-refractivity contribution in [2.45, 2.75) is 6.42 Å². The molecule has 1 atom stereocenters. The molecule has 3 N–H and O–H groups in total. The summed E-state index contributed by atoms with van der Waals surface area (Å²) >= 11 is 0. The Morgan fingerprint density at radius 2 is 1.76 bits per heavy atom. The van der Waals surface area contributed by atoms with Crippen LogP contribution < -0.4 is 10.6 Å². The molecule has 0 spiro atoms. The van der Waals surface area contributed by atoms with E-state index in [2.05, 4.69) is 4.98 Å². The Kier molecular flexibility index (Phi) is 6.92. The van der Waals surface area contributed by atoms with E-state index in [0.29, 0.717) is 16.8 Å². The van der Waals surface area contributed by atoms with Crippen molar-refractivity contribution in [3.63, 3.8) is 0 Å². The molecule has 168 valence electrons. The monoisotopic (exact) mass is 449 g/mol. The first-order valence-electron chi connectivity index (χ1n) is 9.82. The number of pyridine rings is 1. The summed E-state index contributed by atoms with van der Waals surface area (Å²) in [5, 5.41) is 9.09. The van der Waals surface area contributed by atoms with Gasteiger partial charge < -0.3 is 15.7 Å². The fraction of sp³-hybridized carbons (Fsp3) is 0.125. The third kappa shape index (κ3) is 5.27. The molecule has 8 nitrogen and oxygen atoms in total. The van der Waals surface area contributed by atoms with Gasteiger partial charge in [-0.3, -0.25) is 19.4 Å². The van der Waals surface area contributed by atoms with Crippen LogP contribution in [0.1, 0.15) is 36.6 Å². The van der Waals surface area contributed by atoms with Gasteiger partial charge in [-0.15, -0.1) is 0 Å². The molecule has 0 saturated heterocycles. The summed E-state index contributed by atoms with van der Waals surface area (Å²) in [6.45, 7) is 0. The summed E-state index contributed by atoms with van der Waals surface area (Å²) in [5.41, 5.74) is 6.53. The first kappa shape index (κ1) is 23.3. The molecule has 2 aromatic carbocycles. The second kappa shape index (κ2) is 9.82. The second-order valence-corrected chi connectivity index (χ2v) is 7.29. The van der Waals surface area contributed by atoms with E-state index in [0.717, 1.165) is 0 Å². The van der Waals surface area contributed by atoms with Crippen LogP contribution in [0.25, 0.3) is 0 Å². The highest BCUT2D eigenvalue weighted by Crippen LogP contribution is 2.32. The van der Waals surface area contributed by atoms with Crippen molar-refractivity contribution in [3.05, 3.63) is 95.1 Å². The number of nitrogens with two attached hydrogens (primary N) is 1. The molecule has 0 radical (unpaired) electrons. The van der Waals surface area contributed by atoms with E-state index in [1.54, 1.807) is 18.2 Å². The van der Waals surface area contributed by atoms with E-state index < -0.39 is 29.4 Å². The summed E-state index contributed by atoms with van der Waals surface area (Å²) in [4.78, 5) is 51.8. The highest BCUT2D eigenvalue weighted by Gasteiger charge is 2.38. The van der Waals surface area contributed by atoms with Gasteiger partial charge in [0.15, 0.2) is 5.78 Å². The lowest BCUT2D eigenvalue weighted by Crippen LogP contribution is -2.43. The van der Waals surface area contributed by atoms with E-state index in [9.17, 15) is 23.6 Å². The molecule has 1 aromatic heterocycles. The van der Waals surface area contributed by atoms with Crippen LogP contribution in [0.2, 0.25) is 0 Å². The Labute approximate surface area is 188 Å². The number of carboxylic acids is 1. The summed E-state index contributed by atoms with van der Waals surface area (Å²) in [5.74, 6) is -3.83. The van der Waals surface area contributed by atoms with Crippen molar-refractivity contribution in [3.8, 4) is 0 Å². The third-order valence-corrected chi connectivity index (χ3v) is 5.11. The maximum Gasteiger partial charge on any atom is 0.335 e. The number of primary amides is 1. The minimum absolute atomic E-state index is 0.0191. The number of benzene rings is 2. The molecule has 2 amide bonds. The van der Waals surface area contributed by atoms with Gasteiger partial charge in [0, 0.05) is 30.6 Å². The van der Waals surface area contributed by atoms with Gasteiger partial charge >= 0.3 is 5.97 Å². The number of halogens is 1. The van der Waals surface area contributed by atoms with Gasteiger partial charge in [0.25, 0.3) is 0 Å². The molecular weight excluding hydrogens is 429 g/mol. The van der Waals surface area contributed by atoms with Crippen molar-refractivity contribution in [1.82, 2.24) is 4.98 Å². The molecule has 1 aliphatic rings. The molecule has 1 aliphatic heterocycles. The van der Waals surface area contributed by atoms with Crippen LogP contribution in [0.3, 0.4) is 0 Å². The zero-order chi connectivity index (χ0) is 24.1. The molecule has 9 heteroatoms. The predicted molar refractivity (Wildman–Crippen MR) is 117 cm³/mol. The lowest BCUT2D eigenvalue weighted by molar-refractivity contribution is -0.121. The molecule has 2 heterocycles. The Morgan fingerprint density at radius 1 is 1.06 bits per heavy atom. The van der Waals surface area contributed by atoms with E-state index >= 15 is 0 Å². The maximum absolute atomic E-state index is 13.3. The van der Waals surface area contributed by atoms with Crippen molar-refractivity contribution in [2.24, 2.45) is 11.7 Å². The molecule has 3 aromatic rings. The number of amides is 2. The number of anilines is 1. The molecule has 0 saturated carbocycles. The van der Waals surface area contributed by atoms with E-state index in [1.807, 2.05) is 0 Å². The molecule has 33 heavy (non-hydrogen) atoms. The normalized spacial score (nSPS) is 14.7. The lowest BCUT2D eigenvalue weighted by Gasteiger charge is -2.30. The van der Waals surface area contributed by atoms with Crippen LogP contribution in [0.5, 0.6) is 0 Å². The highest BCUT2D eigenvalue weighted by atomic mass is 19.1. The van der Waals surface area contributed by atoms with Crippen LogP contribution in [0, 0.1) is 11.7 Å². The van der Waals surface area contributed by atoms with Crippen molar-refractivity contribution in [2.75, 3.05) is 11.9 Å². The van der Waals surface area contributed by atoms with Gasteiger partial charge in [-0.2, -0.15) is 0 Å². The quantitative estimate of drug-likeness (QED) is 0.589. The number of aromatic nitrogens is 1. The molecule has 0 fully saturated rings. The van der Waals surface area contributed by atoms with Gasteiger partial charge in [-0.25, -0.2) is 9.18 Å². The summed E-state index contributed by atoms with van der Waals surface area (Å²) in [6, 6.07) is 13.0. The first-order chi connectivity index (χ1) is 15.7. The van der Waals surface area contributed by atoms with E-state index in [-0.39, 0.29) is 23.5 Å². The van der Waals surface area contributed by atoms with Crippen LogP contribution in [-0.4, -0.2) is 40.7 Å². The number of hydrogen-bond acceptors (Lipinski definition) is 5. The SMILES string of the molecule is CN1C(=O)C(Cc2cccc(F)c2)C(=O)c2cc(C(=O)O)ccc21.NC(=O)c1ccncc1. The number of aromatic carboxylic acids is 1. The number of nitrogens with zero attached hydrogens (tertiary/aromatic N) is 2. The van der Waals surface area contributed by atoms with E-state index in [4.69, 9.17) is 10.8 Å². The minimum Gasteiger partial charge on any atom is -0.478 e. The summed E-state index contributed by atoms with van der Waals surface area (Å²) in [6.07, 6.45) is 3.12. The van der Waals surface area contributed by atoms with Gasteiger partial charge in [0.1, 0.15) is 11.7 Å². The Hall–Kier alpha value is -4.40. The summed E-state index contributed by atoms with van der Waals surface area (Å²) in [7, 11) is 1.53. The molecular formula is C24H20FN3O5. The number of Topliss-reactive ketones (excluding diaryl/α,β-unsaturated/α-hetero) is 1. The zero-order valence-corrected chi connectivity index (χ0v) is 17.6. The zero-order valence-electron chi connectivity index (χ0n) is 17.6. The van der Waals surface area contributed by atoms with Crippen molar-refractivity contribution in [1.29, 1.82) is 0 Å². The number of hydrogen-bond donors (Lipinski definition) is 2. The molecule has 1 unspecified atom stereocenters. The number of carbonyl (C=O) groups excluding carboxylic acids is 3. The Morgan fingerprint density at radius 3 is 2.33 bits per heavy atom. The fourth-order valence-electron chi connectivity index (χ4n) is 3.41. The Balaban J connectivity index is 0.000000286. The van der Waals surface area contributed by atoms with Crippen LogP contribution >= 0.6 is 0 Å². The van der Waals surface area contributed by atoms with Gasteiger partial charge in [-0.05, 0) is 54.4 Å². The maximum atomic E-state index is 13.3. The third-order valence-electron chi connectivity index (χ3n) is 5.11. The van der Waals surface area contributed by atoms with Crippen LogP contribution in [0.4, 0.5) is 10.1 Å². The highest BCUT2D eigenvalue weighted by molar-refractivity contribution is 6.22. The number of ketones is 1. The van der Waals surface area contributed by atoms with Crippen molar-refractivity contribution >= 4 is 29.3 Å². The van der Waals surface area contributed by atoms with E-state index in [1.165, 1.54) is 60.7 Å². The summed E-state index contributed by atoms with van der Waals surface area (Å²) < 4.78 is 13.3. The second-order valence-electron chi connectivity index (χ2n) is 7.29. The standard InChI is InChI=1S/C18H14FNO4.C6H6N2O/c1-20-15-6-5-11(18(23)24)9-13(15)16(21)14(17(20)22)8-10-3-2-4-12(19)7-10;7-6(9)5-1-3-8-4-2-5/h2-7,9,14H,8H2,1H3,(H,23,24);1-4H,(H2,7,9). The van der Waals surface area contributed by atoms with Gasteiger partial charge in [-0.1, -0.05) is 12.1 Å². The van der Waals surface area contributed by atoms with Crippen molar-refractivity contribution < 1.29 is 28.7 Å². The number of carboxylic acid groups (broad SMARTS) is 1. The smallest absolute Gasteiger partial charge is 0.335 e. The van der Waals surface area contributed by atoms with Crippen LogP contribution in [-0.2, 0) is 11.2 Å². The first-order valence-corrected chi connectivity index (χ1v) is 9.82. The van der Waals surface area contributed by atoms with Gasteiger partial charge in [0.05, 0.1) is 11.3 Å². The predicted octanol–water partition coefficient (Wildman–Crippen LogP) is 2.72. The largest absolute Gasteiger partial charge is 0.478 e. The molecule has 0 bridgehead atoms. The molecule has 0 aliphatic carbocycles. The number of carbonyl (C=O) groups is 4. The average Bonchev–Trinajstić information content (AvgIpc) is 2.81. The topological polar surface area (TPSA) is 131 Å². The van der Waals surface area contributed by atoms with Gasteiger partial charge in [0.2, 0.25) is 11.8 Å². The Bertz CT molecular complexity index is 1230. The number of fused-ring (bicyclic) bond motifs is 1. The minimum atomic E-state index is -1.15. The average molecular weight is 449 g/mol. The number of rotatable bonds is 4. The lowest BCUT2D eigenvalue weighted by atomic mass is 9.85. The molecule has 4 rings (SSSR count). The fourth-order valence-corrected chi connectivity index (χ4v) is 3.41.